The number of aryl methyl sites for hydroxylation is 1. The summed E-state index contributed by atoms with van der Waals surface area (Å²) < 4.78 is 1.13. The maximum Gasteiger partial charge on any atom is 0.0444 e. The van der Waals surface area contributed by atoms with Crippen LogP contribution in [0.2, 0.25) is 0 Å². The van der Waals surface area contributed by atoms with Crippen molar-refractivity contribution in [3.63, 3.8) is 0 Å². The van der Waals surface area contributed by atoms with E-state index in [-0.39, 0.29) is 0 Å². The van der Waals surface area contributed by atoms with E-state index in [1.54, 1.807) is 0 Å². The first-order valence-electron chi connectivity index (χ1n) is 5.45. The molecule has 1 N–H and O–H groups in total. The van der Waals surface area contributed by atoms with Crippen molar-refractivity contribution in [3.05, 3.63) is 40.4 Å². The van der Waals surface area contributed by atoms with Crippen LogP contribution in [0.15, 0.2) is 34.8 Å². The van der Waals surface area contributed by atoms with Gasteiger partial charge >= 0.3 is 0 Å². The van der Waals surface area contributed by atoms with Gasteiger partial charge in [0.1, 0.15) is 0 Å². The lowest BCUT2D eigenvalue weighted by atomic mass is 10.0. The third kappa shape index (κ3) is 2.85. The Bertz CT molecular complexity index is 371. The molecule has 0 aliphatic heterocycles. The second-order valence-corrected chi connectivity index (χ2v) is 4.98. The van der Waals surface area contributed by atoms with E-state index >= 15 is 0 Å². The topological polar surface area (TPSA) is 12.0 Å². The largest absolute Gasteiger partial charge is 0.379 e. The summed E-state index contributed by atoms with van der Waals surface area (Å²) in [6.07, 6.45) is 8.32. The summed E-state index contributed by atoms with van der Waals surface area (Å²) in [5.74, 6) is 0. The number of anilines is 1. The van der Waals surface area contributed by atoms with Crippen LogP contribution >= 0.6 is 15.9 Å². The van der Waals surface area contributed by atoms with Crippen molar-refractivity contribution < 1.29 is 0 Å². The molecule has 0 radical (unpaired) electrons. The minimum Gasteiger partial charge on any atom is -0.379 e. The first-order chi connectivity index (χ1) is 7.25. The maximum absolute atomic E-state index is 3.57. The summed E-state index contributed by atoms with van der Waals surface area (Å²) in [5, 5.41) is 3.57. The molecule has 1 unspecified atom stereocenters. The third-order valence-corrected chi connectivity index (χ3v) is 3.29. The van der Waals surface area contributed by atoms with E-state index in [0.717, 1.165) is 4.47 Å². The smallest absolute Gasteiger partial charge is 0.0444 e. The molecule has 1 aromatic carbocycles. The van der Waals surface area contributed by atoms with Gasteiger partial charge in [-0.2, -0.15) is 0 Å². The van der Waals surface area contributed by atoms with Crippen LogP contribution in [0, 0.1) is 6.92 Å². The lowest BCUT2D eigenvalue weighted by molar-refractivity contribution is 0.673. The molecule has 2 rings (SSSR count). The Morgan fingerprint density at radius 1 is 1.40 bits per heavy atom. The molecule has 0 bridgehead atoms. The highest BCUT2D eigenvalue weighted by molar-refractivity contribution is 9.10. The number of nitrogens with one attached hydrogen (secondary N) is 1. The maximum atomic E-state index is 3.57. The summed E-state index contributed by atoms with van der Waals surface area (Å²) >= 11 is 3.50. The molecular formula is C13H16BrN. The van der Waals surface area contributed by atoms with E-state index in [0.29, 0.717) is 6.04 Å². The Balaban J connectivity index is 2.12. The van der Waals surface area contributed by atoms with Gasteiger partial charge in [0.05, 0.1) is 0 Å². The first-order valence-corrected chi connectivity index (χ1v) is 6.24. The van der Waals surface area contributed by atoms with Crippen LogP contribution in [0.4, 0.5) is 5.69 Å². The number of rotatable bonds is 2. The van der Waals surface area contributed by atoms with Crippen molar-refractivity contribution in [1.29, 1.82) is 0 Å². The molecule has 0 amide bonds. The number of allylic oxidation sites excluding steroid dienone is 1. The molecule has 0 fully saturated rings. The Labute approximate surface area is 99.7 Å². The predicted molar refractivity (Wildman–Crippen MR) is 69.3 cm³/mol. The van der Waals surface area contributed by atoms with Gasteiger partial charge in [-0.05, 0) is 43.9 Å². The molecule has 1 nitrogen and oxygen atoms in total. The van der Waals surface area contributed by atoms with Crippen molar-refractivity contribution in [3.8, 4) is 0 Å². The van der Waals surface area contributed by atoms with Gasteiger partial charge in [0.2, 0.25) is 0 Å². The van der Waals surface area contributed by atoms with E-state index in [9.17, 15) is 0 Å². The molecule has 0 aromatic heterocycles. The molecule has 2 heteroatoms. The van der Waals surface area contributed by atoms with E-state index < -0.39 is 0 Å². The van der Waals surface area contributed by atoms with Gasteiger partial charge in [-0.25, -0.2) is 0 Å². The zero-order valence-electron chi connectivity index (χ0n) is 8.96. The molecule has 0 heterocycles. The highest BCUT2D eigenvalue weighted by Crippen LogP contribution is 2.23. The first kappa shape index (κ1) is 10.7. The molecule has 15 heavy (non-hydrogen) atoms. The molecule has 1 aromatic rings. The lowest BCUT2D eigenvalue weighted by Crippen LogP contribution is -2.19. The van der Waals surface area contributed by atoms with E-state index in [4.69, 9.17) is 0 Å². The number of hydrogen-bond donors (Lipinski definition) is 1. The quantitative estimate of drug-likeness (QED) is 0.788. The molecular weight excluding hydrogens is 250 g/mol. The highest BCUT2D eigenvalue weighted by Gasteiger charge is 2.09. The zero-order valence-corrected chi connectivity index (χ0v) is 10.5. The second-order valence-electron chi connectivity index (χ2n) is 4.07. The third-order valence-electron chi connectivity index (χ3n) is 2.79. The van der Waals surface area contributed by atoms with Crippen molar-refractivity contribution in [2.75, 3.05) is 5.32 Å². The molecule has 0 spiro atoms. The van der Waals surface area contributed by atoms with Crippen LogP contribution < -0.4 is 5.32 Å². The number of hydrogen-bond acceptors (Lipinski definition) is 1. The van der Waals surface area contributed by atoms with E-state index in [1.165, 1.54) is 30.5 Å². The molecule has 0 saturated heterocycles. The van der Waals surface area contributed by atoms with Gasteiger partial charge in [-0.3, -0.25) is 0 Å². The van der Waals surface area contributed by atoms with Gasteiger partial charge in [0.15, 0.2) is 0 Å². The fourth-order valence-electron chi connectivity index (χ4n) is 1.88. The van der Waals surface area contributed by atoms with Crippen LogP contribution in [0.5, 0.6) is 0 Å². The van der Waals surface area contributed by atoms with Crippen LogP contribution in [0.25, 0.3) is 0 Å². The minimum atomic E-state index is 0.506. The highest BCUT2D eigenvalue weighted by atomic mass is 79.9. The Kier molecular flexibility index (Phi) is 3.47. The van der Waals surface area contributed by atoms with Gasteiger partial charge < -0.3 is 5.32 Å². The molecule has 80 valence electrons. The Hall–Kier alpha value is -0.760. The van der Waals surface area contributed by atoms with Gasteiger partial charge in [-0.15, -0.1) is 0 Å². The monoisotopic (exact) mass is 265 g/mol. The summed E-state index contributed by atoms with van der Waals surface area (Å²) in [6, 6.07) is 6.88. The van der Waals surface area contributed by atoms with Crippen molar-refractivity contribution in [1.82, 2.24) is 0 Å². The average molecular weight is 266 g/mol. The second kappa shape index (κ2) is 4.84. The fourth-order valence-corrected chi connectivity index (χ4v) is 2.24. The standard InChI is InChI=1S/C13H16BrN/c1-10-7-8-11(14)9-13(10)15-12-5-3-2-4-6-12/h3,5,7-9,12,15H,2,4,6H2,1H3. The Morgan fingerprint density at radius 2 is 2.27 bits per heavy atom. The van der Waals surface area contributed by atoms with E-state index in [1.807, 2.05) is 0 Å². The van der Waals surface area contributed by atoms with Crippen molar-refractivity contribution in [2.24, 2.45) is 0 Å². The van der Waals surface area contributed by atoms with Crippen molar-refractivity contribution >= 4 is 21.6 Å². The van der Waals surface area contributed by atoms with Crippen LogP contribution in [-0.2, 0) is 0 Å². The molecule has 0 saturated carbocycles. The number of halogens is 1. The molecule has 1 aliphatic carbocycles. The molecule has 1 aliphatic rings. The van der Waals surface area contributed by atoms with Crippen LogP contribution in [0.3, 0.4) is 0 Å². The Morgan fingerprint density at radius 3 is 3.00 bits per heavy atom. The fraction of sp³-hybridized carbons (Fsp3) is 0.385. The van der Waals surface area contributed by atoms with Crippen LogP contribution in [0.1, 0.15) is 24.8 Å². The lowest BCUT2D eigenvalue weighted by Gasteiger charge is -2.20. The summed E-state index contributed by atoms with van der Waals surface area (Å²) in [7, 11) is 0. The van der Waals surface area contributed by atoms with Gasteiger partial charge in [0, 0.05) is 16.2 Å². The zero-order chi connectivity index (χ0) is 10.7. The van der Waals surface area contributed by atoms with Crippen LogP contribution in [-0.4, -0.2) is 6.04 Å². The molecule has 1 atom stereocenters. The summed E-state index contributed by atoms with van der Waals surface area (Å²) in [5.41, 5.74) is 2.54. The van der Waals surface area contributed by atoms with E-state index in [2.05, 4.69) is 58.5 Å². The van der Waals surface area contributed by atoms with Gasteiger partial charge in [-0.1, -0.05) is 34.1 Å². The SMILES string of the molecule is Cc1ccc(Br)cc1NC1C=CCCC1. The number of benzene rings is 1. The van der Waals surface area contributed by atoms with Gasteiger partial charge in [0.25, 0.3) is 0 Å². The summed E-state index contributed by atoms with van der Waals surface area (Å²) in [4.78, 5) is 0. The average Bonchev–Trinajstić information content (AvgIpc) is 2.25. The normalized spacial score (nSPS) is 20.3. The van der Waals surface area contributed by atoms with Crippen molar-refractivity contribution in [2.45, 2.75) is 32.2 Å². The predicted octanol–water partition coefficient (Wildman–Crippen LogP) is 4.28. The minimum absolute atomic E-state index is 0.506. The summed E-state index contributed by atoms with van der Waals surface area (Å²) in [6.45, 7) is 2.14.